The molecule has 3 heterocycles. The molecule has 3 rings (SSSR count). The normalized spacial score (nSPS) is 28.2. The van der Waals surface area contributed by atoms with Crippen molar-refractivity contribution < 1.29 is 37.2 Å². The Labute approximate surface area is 194 Å². The fourth-order valence-electron chi connectivity index (χ4n) is 3.43. The van der Waals surface area contributed by atoms with Crippen LogP contribution in [0.3, 0.4) is 0 Å². The van der Waals surface area contributed by atoms with Gasteiger partial charge in [-0.1, -0.05) is 5.09 Å². The topological polar surface area (TPSA) is 167 Å². The Morgan fingerprint density at radius 1 is 1.47 bits per heavy atom. The summed E-state index contributed by atoms with van der Waals surface area (Å²) in [6.07, 6.45) is -2.90. The van der Waals surface area contributed by atoms with Gasteiger partial charge in [-0.05, 0) is 25.3 Å². The van der Waals surface area contributed by atoms with Crippen LogP contribution in [0.25, 0.3) is 11.2 Å². The lowest BCUT2D eigenvalue weighted by molar-refractivity contribution is -0.201. The van der Waals surface area contributed by atoms with Crippen molar-refractivity contribution in [2.24, 2.45) is 0 Å². The van der Waals surface area contributed by atoms with Gasteiger partial charge in [0.05, 0.1) is 12.9 Å². The molecule has 2 aromatic heterocycles. The first-order valence-corrected chi connectivity index (χ1v) is 11.4. The number of fused-ring (bicyclic) bond motifs is 1. The fraction of sp³-hybridized carbons (Fsp3) is 0.667. The molecule has 0 aliphatic carbocycles. The Balaban J connectivity index is 1.82. The van der Waals surface area contributed by atoms with Crippen LogP contribution in [-0.2, 0) is 23.4 Å². The number of nitrogens with two attached hydrogens (primary N) is 1. The zero-order valence-electron chi connectivity index (χ0n) is 19.2. The lowest BCUT2D eigenvalue weighted by Gasteiger charge is -2.24. The third-order valence-electron chi connectivity index (χ3n) is 5.15. The number of hydrogen-bond acceptors (Lipinski definition) is 11. The molecule has 0 bridgehead atoms. The second-order valence-electron chi connectivity index (χ2n) is 8.07. The number of nitrogens with one attached hydrogen (secondary N) is 1. The summed E-state index contributed by atoms with van der Waals surface area (Å²) in [6.45, 7) is 2.92. The van der Waals surface area contributed by atoms with Crippen LogP contribution in [0, 0.1) is 0 Å². The van der Waals surface area contributed by atoms with Gasteiger partial charge < -0.3 is 25.2 Å². The van der Waals surface area contributed by atoms with E-state index in [1.807, 2.05) is 0 Å². The van der Waals surface area contributed by atoms with E-state index in [4.69, 9.17) is 19.7 Å². The SMILES string of the molecule is CCOC(=O)[C@@H](C)N[P+](=O)OC[C@@]1(F)O[C@@H](n2cnc3c(N(C)C)nc(N)nc32)[C@](C)(F)[C@@H]1O. The highest BCUT2D eigenvalue weighted by atomic mass is 31.1. The summed E-state index contributed by atoms with van der Waals surface area (Å²) in [5.74, 6) is -3.57. The van der Waals surface area contributed by atoms with Crippen molar-refractivity contribution in [1.29, 1.82) is 0 Å². The maximum atomic E-state index is 15.6. The van der Waals surface area contributed by atoms with Crippen molar-refractivity contribution >= 4 is 37.1 Å². The monoisotopic (exact) mass is 506 g/mol. The first-order valence-electron chi connectivity index (χ1n) is 10.3. The number of aliphatic hydroxyl groups excluding tert-OH is 1. The highest BCUT2D eigenvalue weighted by Gasteiger charge is 2.65. The van der Waals surface area contributed by atoms with E-state index in [2.05, 4.69) is 20.0 Å². The van der Waals surface area contributed by atoms with Gasteiger partial charge in [0, 0.05) is 14.1 Å². The lowest BCUT2D eigenvalue weighted by Crippen LogP contribution is -2.46. The van der Waals surface area contributed by atoms with E-state index >= 15 is 8.78 Å². The number of rotatable bonds is 9. The minimum atomic E-state index is -3.09. The average Bonchev–Trinajstić information content (AvgIpc) is 3.24. The van der Waals surface area contributed by atoms with Crippen LogP contribution >= 0.6 is 8.18 Å². The highest BCUT2D eigenvalue weighted by Crippen LogP contribution is 2.49. The third-order valence-corrected chi connectivity index (χ3v) is 6.11. The van der Waals surface area contributed by atoms with Crippen molar-refractivity contribution in [2.45, 2.75) is 50.7 Å². The van der Waals surface area contributed by atoms with E-state index in [1.54, 1.807) is 25.9 Å². The molecule has 2 aromatic rings. The number of nitrogen functional groups attached to an aromatic ring is 1. The predicted octanol–water partition coefficient (Wildman–Crippen LogP) is 0.973. The van der Waals surface area contributed by atoms with E-state index < -0.39 is 50.7 Å². The number of hydrogen-bond donors (Lipinski definition) is 3. The number of ether oxygens (including phenoxy) is 2. The molecule has 1 fully saturated rings. The Morgan fingerprint density at radius 3 is 2.76 bits per heavy atom. The predicted molar refractivity (Wildman–Crippen MR) is 116 cm³/mol. The molecule has 16 heteroatoms. The summed E-state index contributed by atoms with van der Waals surface area (Å²) < 4.78 is 59.2. The quantitative estimate of drug-likeness (QED) is 0.326. The molecule has 188 valence electrons. The second kappa shape index (κ2) is 9.58. The molecule has 1 saturated heterocycles. The maximum absolute atomic E-state index is 15.6. The van der Waals surface area contributed by atoms with Crippen LogP contribution in [0.5, 0.6) is 0 Å². The van der Waals surface area contributed by atoms with Crippen LogP contribution in [0.1, 0.15) is 27.0 Å². The Kier molecular flexibility index (Phi) is 7.34. The fourth-order valence-corrected chi connectivity index (χ4v) is 4.22. The number of anilines is 2. The Bertz CT molecular complexity index is 1090. The van der Waals surface area contributed by atoms with Crippen molar-refractivity contribution in [3.63, 3.8) is 0 Å². The summed E-state index contributed by atoms with van der Waals surface area (Å²) in [6, 6.07) is -1.01. The van der Waals surface area contributed by atoms with Gasteiger partial charge in [-0.15, -0.1) is 4.52 Å². The molecule has 34 heavy (non-hydrogen) atoms. The number of aliphatic hydroxyl groups is 1. The first-order chi connectivity index (χ1) is 15.8. The van der Waals surface area contributed by atoms with E-state index in [0.29, 0.717) is 5.82 Å². The molecule has 1 unspecified atom stereocenters. The molecule has 0 saturated carbocycles. The zero-order chi connectivity index (χ0) is 25.4. The second-order valence-corrected chi connectivity index (χ2v) is 9.10. The summed E-state index contributed by atoms with van der Waals surface area (Å²) >= 11 is 0. The molecule has 1 aliphatic rings. The van der Waals surface area contributed by atoms with Crippen molar-refractivity contribution in [2.75, 3.05) is 37.9 Å². The number of alkyl halides is 2. The molecular formula is C18H27F2N7O6P+. The van der Waals surface area contributed by atoms with Gasteiger partial charge in [-0.2, -0.15) is 9.97 Å². The average molecular weight is 506 g/mol. The molecule has 4 N–H and O–H groups in total. The third kappa shape index (κ3) is 4.79. The van der Waals surface area contributed by atoms with Crippen molar-refractivity contribution in [3.8, 4) is 0 Å². The molecule has 0 radical (unpaired) electrons. The molecule has 1 aliphatic heterocycles. The lowest BCUT2D eigenvalue weighted by atomic mass is 9.97. The van der Waals surface area contributed by atoms with Crippen LogP contribution in [0.4, 0.5) is 20.5 Å². The van der Waals surface area contributed by atoms with Gasteiger partial charge in [-0.3, -0.25) is 9.36 Å². The summed E-state index contributed by atoms with van der Waals surface area (Å²) in [7, 11) is 0.603. The van der Waals surface area contributed by atoms with E-state index in [9.17, 15) is 14.5 Å². The summed E-state index contributed by atoms with van der Waals surface area (Å²) in [5.41, 5.74) is 3.38. The minimum Gasteiger partial charge on any atom is -0.465 e. The molecule has 0 spiro atoms. The standard InChI is InChI=1S/C18H27F2N7O6P/c1-6-31-13(28)9(2)25-34(30)32-7-18(20)14(29)17(3,19)15(33-18)27-8-22-10-11(26(4)5)23-16(21)24-12(10)27/h8-9,14-15,29H,6-7H2,1-5H3,(H,25,30)(H2,21,23,24)/q+1/t9-,14+,15-,17-,18-/m1/s1. The molecular weight excluding hydrogens is 479 g/mol. The van der Waals surface area contributed by atoms with Crippen LogP contribution < -0.4 is 15.7 Å². The van der Waals surface area contributed by atoms with Gasteiger partial charge in [0.15, 0.2) is 41.6 Å². The van der Waals surface area contributed by atoms with Crippen molar-refractivity contribution in [1.82, 2.24) is 24.6 Å². The number of imidazole rings is 1. The van der Waals surface area contributed by atoms with Gasteiger partial charge in [0.1, 0.15) is 6.04 Å². The zero-order valence-corrected chi connectivity index (χ0v) is 20.1. The molecule has 6 atom stereocenters. The van der Waals surface area contributed by atoms with E-state index in [-0.39, 0.29) is 23.7 Å². The first kappa shape index (κ1) is 26.0. The summed E-state index contributed by atoms with van der Waals surface area (Å²) in [4.78, 5) is 25.5. The van der Waals surface area contributed by atoms with Crippen molar-refractivity contribution in [3.05, 3.63) is 6.33 Å². The van der Waals surface area contributed by atoms with E-state index in [0.717, 1.165) is 17.8 Å². The van der Waals surface area contributed by atoms with Gasteiger partial charge in [0.2, 0.25) is 5.95 Å². The van der Waals surface area contributed by atoms with E-state index in [1.165, 1.54) is 6.92 Å². The molecule has 0 aromatic carbocycles. The van der Waals surface area contributed by atoms with Crippen LogP contribution in [-0.4, -0.2) is 81.6 Å². The Morgan fingerprint density at radius 2 is 2.15 bits per heavy atom. The number of nitrogens with zero attached hydrogens (tertiary/aromatic N) is 5. The number of halogens is 2. The number of carbonyl (C=O) groups excluding carboxylic acids is 1. The van der Waals surface area contributed by atoms with Gasteiger partial charge in [0.25, 0.3) is 5.85 Å². The smallest absolute Gasteiger partial charge is 0.465 e. The van der Waals surface area contributed by atoms with Gasteiger partial charge in [-0.25, -0.2) is 13.8 Å². The maximum Gasteiger partial charge on any atom is 0.614 e. The Hall–Kier alpha value is -2.58. The number of aromatic nitrogens is 4. The molecule has 0 amide bonds. The highest BCUT2D eigenvalue weighted by molar-refractivity contribution is 7.36. The summed E-state index contributed by atoms with van der Waals surface area (Å²) in [5, 5.41) is 12.7. The van der Waals surface area contributed by atoms with Gasteiger partial charge >= 0.3 is 14.1 Å². The van der Waals surface area contributed by atoms with Crippen LogP contribution in [0.15, 0.2) is 6.33 Å². The largest absolute Gasteiger partial charge is 0.614 e. The minimum absolute atomic E-state index is 0.0541. The molecule has 13 nitrogen and oxygen atoms in total. The van der Waals surface area contributed by atoms with Crippen LogP contribution in [0.2, 0.25) is 0 Å². The number of esters is 1. The number of carbonyl (C=O) groups is 1.